The molecule has 0 saturated carbocycles. The Morgan fingerprint density at radius 3 is 2.82 bits per heavy atom. The number of nitrogens with one attached hydrogen (secondary N) is 1. The number of aromatic nitrogens is 4. The summed E-state index contributed by atoms with van der Waals surface area (Å²) in [5, 5.41) is 3.99. The van der Waals surface area contributed by atoms with Gasteiger partial charge < -0.3 is 10.1 Å². The molecule has 4 rings (SSSR count). The van der Waals surface area contributed by atoms with Gasteiger partial charge in [0.25, 0.3) is 5.56 Å². The first-order chi connectivity index (χ1) is 13.4. The Bertz CT molecular complexity index is 1070. The molecule has 7 nitrogen and oxygen atoms in total. The highest BCUT2D eigenvalue weighted by molar-refractivity contribution is 5.77. The molecule has 0 bridgehead atoms. The lowest BCUT2D eigenvalue weighted by Crippen LogP contribution is -2.33. The zero-order chi connectivity index (χ0) is 19.7. The fourth-order valence-corrected chi connectivity index (χ4v) is 3.68. The summed E-state index contributed by atoms with van der Waals surface area (Å²) in [5.41, 5.74) is 1.28. The molecule has 0 aliphatic carbocycles. The van der Waals surface area contributed by atoms with Crippen molar-refractivity contribution in [3.63, 3.8) is 0 Å². The molecule has 0 radical (unpaired) electrons. The lowest BCUT2D eigenvalue weighted by molar-refractivity contribution is 0.0314. The topological polar surface area (TPSA) is 81.9 Å². The van der Waals surface area contributed by atoms with Crippen molar-refractivity contribution in [1.29, 1.82) is 0 Å². The summed E-state index contributed by atoms with van der Waals surface area (Å²) < 4.78 is 7.49. The van der Waals surface area contributed by atoms with Gasteiger partial charge in [-0.05, 0) is 45.7 Å². The maximum atomic E-state index is 12.9. The number of hydrogen-bond acceptors (Lipinski definition) is 6. The lowest BCUT2D eigenvalue weighted by Gasteiger charge is -2.23. The van der Waals surface area contributed by atoms with E-state index in [0.29, 0.717) is 35.6 Å². The predicted molar refractivity (Wildman–Crippen MR) is 109 cm³/mol. The molecule has 1 fully saturated rings. The third-order valence-corrected chi connectivity index (χ3v) is 5.21. The highest BCUT2D eigenvalue weighted by Gasteiger charge is 2.29. The second-order valence-corrected chi connectivity index (χ2v) is 7.61. The van der Waals surface area contributed by atoms with E-state index in [-0.39, 0.29) is 11.2 Å². The van der Waals surface area contributed by atoms with Crippen LogP contribution in [-0.2, 0) is 11.3 Å². The van der Waals surface area contributed by atoms with Gasteiger partial charge in [0.15, 0.2) is 0 Å². The van der Waals surface area contributed by atoms with Crippen LogP contribution in [0.4, 0.5) is 5.82 Å². The van der Waals surface area contributed by atoms with Crippen LogP contribution in [-0.4, -0.2) is 38.3 Å². The van der Waals surface area contributed by atoms with Crippen LogP contribution < -0.4 is 10.9 Å². The monoisotopic (exact) mass is 379 g/mol. The number of anilines is 1. The van der Waals surface area contributed by atoms with Gasteiger partial charge in [0.05, 0.1) is 28.7 Å². The molecular formula is C21H25N5O2. The van der Waals surface area contributed by atoms with E-state index in [2.05, 4.69) is 27.2 Å². The Morgan fingerprint density at radius 1 is 1.21 bits per heavy atom. The number of aryl methyl sites for hydroxylation is 2. The van der Waals surface area contributed by atoms with Gasteiger partial charge in [-0.25, -0.2) is 15.0 Å². The Morgan fingerprint density at radius 2 is 2.04 bits per heavy atom. The number of ether oxygens (including phenoxy) is 1. The van der Waals surface area contributed by atoms with Gasteiger partial charge in [-0.15, -0.1) is 0 Å². The highest BCUT2D eigenvalue weighted by Crippen LogP contribution is 2.25. The molecule has 0 amide bonds. The maximum Gasteiger partial charge on any atom is 0.261 e. The molecular weight excluding hydrogens is 354 g/mol. The second-order valence-electron chi connectivity index (χ2n) is 7.61. The normalized spacial score (nSPS) is 19.2. The van der Waals surface area contributed by atoms with Gasteiger partial charge in [-0.3, -0.25) is 9.36 Å². The van der Waals surface area contributed by atoms with Gasteiger partial charge in [-0.1, -0.05) is 12.1 Å². The Balaban J connectivity index is 1.61. The number of hydrogen-bond donors (Lipinski definition) is 1. The molecule has 1 atom stereocenters. The van der Waals surface area contributed by atoms with E-state index in [1.807, 2.05) is 38.1 Å². The van der Waals surface area contributed by atoms with Crippen LogP contribution >= 0.6 is 0 Å². The zero-order valence-electron chi connectivity index (χ0n) is 16.5. The van der Waals surface area contributed by atoms with E-state index in [1.54, 1.807) is 10.6 Å². The summed E-state index contributed by atoms with van der Waals surface area (Å²) in [6.45, 7) is 7.68. The Kier molecular flexibility index (Phi) is 4.85. The fraction of sp³-hybridized carbons (Fsp3) is 0.429. The van der Waals surface area contributed by atoms with Crippen LogP contribution in [0.3, 0.4) is 0 Å². The van der Waals surface area contributed by atoms with E-state index in [1.165, 1.54) is 0 Å². The van der Waals surface area contributed by atoms with Crippen molar-refractivity contribution in [2.45, 2.75) is 45.8 Å². The quantitative estimate of drug-likeness (QED) is 0.734. The first kappa shape index (κ1) is 18.6. The minimum atomic E-state index is -0.158. The molecule has 1 aliphatic rings. The summed E-state index contributed by atoms with van der Waals surface area (Å²) in [5.74, 6) is 2.08. The van der Waals surface area contributed by atoms with E-state index >= 15 is 0 Å². The molecule has 0 spiro atoms. The molecule has 1 N–H and O–H groups in total. The Hall–Kier alpha value is -2.80. The standard InChI is InChI=1S/C21H25N5O2/c1-14-23-16(11-19(24-14)22-13-21(3)9-6-10-28-21)12-26-15(2)25-18-8-5-4-7-17(18)20(26)27/h4-5,7-8,11H,6,9-10,12-13H2,1-3H3,(H,22,23,24)/t21-/m1/s1. The number of rotatable bonds is 5. The molecule has 3 heterocycles. The number of fused-ring (bicyclic) bond motifs is 1. The maximum absolute atomic E-state index is 12.9. The third kappa shape index (κ3) is 3.75. The van der Waals surface area contributed by atoms with Crippen LogP contribution in [0.5, 0.6) is 0 Å². The molecule has 1 aliphatic heterocycles. The van der Waals surface area contributed by atoms with E-state index < -0.39 is 0 Å². The highest BCUT2D eigenvalue weighted by atomic mass is 16.5. The summed E-state index contributed by atoms with van der Waals surface area (Å²) >= 11 is 0. The van der Waals surface area contributed by atoms with E-state index in [0.717, 1.165) is 31.0 Å². The van der Waals surface area contributed by atoms with Crippen molar-refractivity contribution in [3.05, 3.63) is 58.0 Å². The minimum absolute atomic E-state index is 0.0549. The van der Waals surface area contributed by atoms with Crippen LogP contribution in [0.25, 0.3) is 10.9 Å². The van der Waals surface area contributed by atoms with Crippen molar-refractivity contribution in [2.24, 2.45) is 0 Å². The molecule has 146 valence electrons. The van der Waals surface area contributed by atoms with Gasteiger partial charge in [0, 0.05) is 19.2 Å². The Labute approximate surface area is 163 Å². The van der Waals surface area contributed by atoms with Crippen molar-refractivity contribution in [2.75, 3.05) is 18.5 Å². The average Bonchev–Trinajstić information content (AvgIpc) is 3.10. The number of nitrogens with zero attached hydrogens (tertiary/aromatic N) is 4. The van der Waals surface area contributed by atoms with Gasteiger partial charge in [0.2, 0.25) is 0 Å². The van der Waals surface area contributed by atoms with Crippen molar-refractivity contribution >= 4 is 16.7 Å². The molecule has 1 saturated heterocycles. The fourth-order valence-electron chi connectivity index (χ4n) is 3.68. The smallest absolute Gasteiger partial charge is 0.261 e. The van der Waals surface area contributed by atoms with Gasteiger partial charge >= 0.3 is 0 Å². The van der Waals surface area contributed by atoms with Crippen molar-refractivity contribution in [3.8, 4) is 0 Å². The third-order valence-electron chi connectivity index (χ3n) is 5.21. The molecule has 7 heteroatoms. The summed E-state index contributed by atoms with van der Waals surface area (Å²) in [6, 6.07) is 9.30. The van der Waals surface area contributed by atoms with Crippen molar-refractivity contribution < 1.29 is 4.74 Å². The number of para-hydroxylation sites is 1. The van der Waals surface area contributed by atoms with Gasteiger partial charge in [0.1, 0.15) is 17.5 Å². The van der Waals surface area contributed by atoms with Gasteiger partial charge in [-0.2, -0.15) is 0 Å². The van der Waals surface area contributed by atoms with Crippen LogP contribution in [0.1, 0.15) is 37.1 Å². The summed E-state index contributed by atoms with van der Waals surface area (Å²) in [7, 11) is 0. The minimum Gasteiger partial charge on any atom is -0.373 e. The SMILES string of the molecule is Cc1nc(Cn2c(C)nc3ccccc3c2=O)cc(NC[C@@]2(C)CCCO2)n1. The van der Waals surface area contributed by atoms with E-state index in [9.17, 15) is 4.79 Å². The van der Waals surface area contributed by atoms with Crippen LogP contribution in [0.15, 0.2) is 35.1 Å². The summed E-state index contributed by atoms with van der Waals surface area (Å²) in [4.78, 5) is 26.5. The molecule has 3 aromatic rings. The van der Waals surface area contributed by atoms with Crippen LogP contribution in [0, 0.1) is 13.8 Å². The molecule has 0 unspecified atom stereocenters. The number of benzene rings is 1. The zero-order valence-corrected chi connectivity index (χ0v) is 16.5. The predicted octanol–water partition coefficient (Wildman–Crippen LogP) is 2.83. The van der Waals surface area contributed by atoms with Crippen LogP contribution in [0.2, 0.25) is 0 Å². The molecule has 2 aromatic heterocycles. The summed E-state index contributed by atoms with van der Waals surface area (Å²) in [6.07, 6.45) is 2.12. The van der Waals surface area contributed by atoms with Crippen molar-refractivity contribution in [1.82, 2.24) is 19.5 Å². The first-order valence-electron chi connectivity index (χ1n) is 9.62. The van der Waals surface area contributed by atoms with E-state index in [4.69, 9.17) is 4.74 Å². The first-order valence-corrected chi connectivity index (χ1v) is 9.62. The molecule has 1 aromatic carbocycles. The molecule has 28 heavy (non-hydrogen) atoms. The largest absolute Gasteiger partial charge is 0.373 e. The lowest BCUT2D eigenvalue weighted by atomic mass is 10.0. The average molecular weight is 379 g/mol. The second kappa shape index (κ2) is 7.31.